The van der Waals surface area contributed by atoms with Gasteiger partial charge in [-0.05, 0) is 24.3 Å². The first-order chi connectivity index (χ1) is 8.88. The first-order valence-corrected chi connectivity index (χ1v) is 6.11. The van der Waals surface area contributed by atoms with Crippen molar-refractivity contribution in [1.29, 1.82) is 0 Å². The zero-order chi connectivity index (χ0) is 12.4. The van der Waals surface area contributed by atoms with Crippen molar-refractivity contribution in [1.82, 2.24) is 4.98 Å². The van der Waals surface area contributed by atoms with Crippen LogP contribution < -0.4 is 11.1 Å². The third kappa shape index (κ3) is 1.89. The van der Waals surface area contributed by atoms with Crippen molar-refractivity contribution < 1.29 is 0 Å². The first-order valence-electron chi connectivity index (χ1n) is 6.11. The van der Waals surface area contributed by atoms with Gasteiger partial charge in [0.1, 0.15) is 0 Å². The molecule has 3 heteroatoms. The molecule has 0 amide bonds. The van der Waals surface area contributed by atoms with Crippen LogP contribution in [0.15, 0.2) is 48.5 Å². The van der Waals surface area contributed by atoms with E-state index in [0.717, 1.165) is 34.0 Å². The van der Waals surface area contributed by atoms with Gasteiger partial charge < -0.3 is 11.1 Å². The van der Waals surface area contributed by atoms with E-state index < -0.39 is 0 Å². The van der Waals surface area contributed by atoms with Gasteiger partial charge in [0.2, 0.25) is 0 Å². The van der Waals surface area contributed by atoms with Gasteiger partial charge >= 0.3 is 0 Å². The monoisotopic (exact) mass is 237 g/mol. The summed E-state index contributed by atoms with van der Waals surface area (Å²) in [5.41, 5.74) is 8.67. The van der Waals surface area contributed by atoms with Gasteiger partial charge in [-0.2, -0.15) is 0 Å². The molecule has 0 aliphatic heterocycles. The summed E-state index contributed by atoms with van der Waals surface area (Å²) in [7, 11) is 0. The summed E-state index contributed by atoms with van der Waals surface area (Å²) >= 11 is 0. The molecule has 1 heterocycles. The molecule has 0 unspecified atom stereocenters. The molecule has 0 radical (unpaired) electrons. The normalized spacial score (nSPS) is 10.9. The Labute approximate surface area is 106 Å². The number of aromatic nitrogens is 1. The molecule has 3 nitrogen and oxygen atoms in total. The van der Waals surface area contributed by atoms with Crippen LogP contribution in [0.25, 0.3) is 21.8 Å². The first kappa shape index (κ1) is 11.0. The Hall–Kier alpha value is -2.13. The van der Waals surface area contributed by atoms with Gasteiger partial charge in [-0.15, -0.1) is 0 Å². The van der Waals surface area contributed by atoms with Crippen molar-refractivity contribution in [2.75, 3.05) is 18.4 Å². The van der Waals surface area contributed by atoms with E-state index in [1.807, 2.05) is 30.3 Å². The lowest BCUT2D eigenvalue weighted by Crippen LogP contribution is -2.13. The van der Waals surface area contributed by atoms with Crippen molar-refractivity contribution in [3.63, 3.8) is 0 Å². The molecule has 2 aromatic carbocycles. The van der Waals surface area contributed by atoms with Crippen LogP contribution in [0, 0.1) is 0 Å². The average molecular weight is 237 g/mol. The SMILES string of the molecule is NCCNc1cccc2nc3ccccc3cc12. The minimum Gasteiger partial charge on any atom is -0.383 e. The van der Waals surface area contributed by atoms with Crippen LogP contribution in [0.1, 0.15) is 0 Å². The zero-order valence-corrected chi connectivity index (χ0v) is 10.1. The van der Waals surface area contributed by atoms with E-state index in [1.54, 1.807) is 0 Å². The van der Waals surface area contributed by atoms with Crippen LogP contribution in [-0.2, 0) is 0 Å². The number of pyridine rings is 1. The highest BCUT2D eigenvalue weighted by atomic mass is 14.9. The van der Waals surface area contributed by atoms with Crippen molar-refractivity contribution in [2.45, 2.75) is 0 Å². The summed E-state index contributed by atoms with van der Waals surface area (Å²) in [5, 5.41) is 5.64. The second-order valence-corrected chi connectivity index (χ2v) is 4.27. The van der Waals surface area contributed by atoms with E-state index in [1.165, 1.54) is 0 Å². The molecule has 1 aromatic heterocycles. The van der Waals surface area contributed by atoms with Crippen molar-refractivity contribution in [2.24, 2.45) is 5.73 Å². The number of para-hydroxylation sites is 1. The molecule has 18 heavy (non-hydrogen) atoms. The maximum absolute atomic E-state index is 5.53. The van der Waals surface area contributed by atoms with Crippen LogP contribution in [0.5, 0.6) is 0 Å². The van der Waals surface area contributed by atoms with E-state index in [9.17, 15) is 0 Å². The third-order valence-corrected chi connectivity index (χ3v) is 3.02. The third-order valence-electron chi connectivity index (χ3n) is 3.02. The highest BCUT2D eigenvalue weighted by Gasteiger charge is 2.03. The number of hydrogen-bond acceptors (Lipinski definition) is 3. The standard InChI is InChI=1S/C15H15N3/c16-8-9-17-14-6-3-7-15-12(14)10-11-4-1-2-5-13(11)18-15/h1-7,10,17H,8-9,16H2. The lowest BCUT2D eigenvalue weighted by atomic mass is 10.1. The Morgan fingerprint density at radius 3 is 2.72 bits per heavy atom. The second kappa shape index (κ2) is 4.63. The van der Waals surface area contributed by atoms with E-state index in [-0.39, 0.29) is 0 Å². The topological polar surface area (TPSA) is 50.9 Å². The van der Waals surface area contributed by atoms with Crippen LogP contribution in [0.4, 0.5) is 5.69 Å². The van der Waals surface area contributed by atoms with E-state index in [2.05, 4.69) is 28.5 Å². The average Bonchev–Trinajstić information content (AvgIpc) is 2.43. The fourth-order valence-electron chi connectivity index (χ4n) is 2.16. The minimum atomic E-state index is 0.622. The smallest absolute Gasteiger partial charge is 0.0730 e. The minimum absolute atomic E-state index is 0.622. The molecule has 0 aliphatic carbocycles. The molecule has 0 atom stereocenters. The molecule has 0 spiro atoms. The van der Waals surface area contributed by atoms with Crippen molar-refractivity contribution in [3.8, 4) is 0 Å². The largest absolute Gasteiger partial charge is 0.383 e. The fraction of sp³-hybridized carbons (Fsp3) is 0.133. The number of nitrogens with two attached hydrogens (primary N) is 1. The van der Waals surface area contributed by atoms with Crippen molar-refractivity contribution >= 4 is 27.5 Å². The van der Waals surface area contributed by atoms with Gasteiger partial charge in [-0.25, -0.2) is 4.98 Å². The Balaban J connectivity index is 2.22. The summed E-state index contributed by atoms with van der Waals surface area (Å²) in [4.78, 5) is 4.68. The molecule has 0 saturated heterocycles. The Bertz CT molecular complexity index is 691. The number of rotatable bonds is 3. The van der Waals surface area contributed by atoms with Gasteiger partial charge in [0.15, 0.2) is 0 Å². The number of nitrogens with zero attached hydrogens (tertiary/aromatic N) is 1. The maximum Gasteiger partial charge on any atom is 0.0730 e. The molecule has 3 rings (SSSR count). The van der Waals surface area contributed by atoms with Crippen LogP contribution in [0.3, 0.4) is 0 Å². The molecule has 3 aromatic rings. The zero-order valence-electron chi connectivity index (χ0n) is 10.1. The summed E-state index contributed by atoms with van der Waals surface area (Å²) < 4.78 is 0. The predicted octanol–water partition coefficient (Wildman–Crippen LogP) is 2.76. The van der Waals surface area contributed by atoms with Gasteiger partial charge in [-0.3, -0.25) is 0 Å². The fourth-order valence-corrected chi connectivity index (χ4v) is 2.16. The highest BCUT2D eigenvalue weighted by molar-refractivity contribution is 5.99. The van der Waals surface area contributed by atoms with Gasteiger partial charge in [0.05, 0.1) is 11.0 Å². The second-order valence-electron chi connectivity index (χ2n) is 4.27. The number of benzene rings is 2. The molecular weight excluding hydrogens is 222 g/mol. The number of fused-ring (bicyclic) bond motifs is 2. The highest BCUT2D eigenvalue weighted by Crippen LogP contribution is 2.25. The number of anilines is 1. The van der Waals surface area contributed by atoms with E-state index in [0.29, 0.717) is 6.54 Å². The maximum atomic E-state index is 5.53. The molecular formula is C15H15N3. The Morgan fingerprint density at radius 1 is 1.00 bits per heavy atom. The quantitative estimate of drug-likeness (QED) is 0.689. The molecule has 3 N–H and O–H groups in total. The van der Waals surface area contributed by atoms with Gasteiger partial charge in [-0.1, -0.05) is 24.3 Å². The molecule has 90 valence electrons. The molecule has 0 bridgehead atoms. The van der Waals surface area contributed by atoms with E-state index in [4.69, 9.17) is 5.73 Å². The molecule has 0 saturated carbocycles. The lowest BCUT2D eigenvalue weighted by molar-refractivity contribution is 1.03. The lowest BCUT2D eigenvalue weighted by Gasteiger charge is -2.09. The van der Waals surface area contributed by atoms with Crippen LogP contribution >= 0.6 is 0 Å². The number of nitrogens with one attached hydrogen (secondary N) is 1. The summed E-state index contributed by atoms with van der Waals surface area (Å²) in [6.07, 6.45) is 0. The summed E-state index contributed by atoms with van der Waals surface area (Å²) in [6, 6.07) is 16.5. The Kier molecular flexibility index (Phi) is 2.82. The summed E-state index contributed by atoms with van der Waals surface area (Å²) in [6.45, 7) is 1.39. The van der Waals surface area contributed by atoms with Gasteiger partial charge in [0, 0.05) is 29.5 Å². The molecule has 0 aliphatic rings. The van der Waals surface area contributed by atoms with Crippen molar-refractivity contribution in [3.05, 3.63) is 48.5 Å². The van der Waals surface area contributed by atoms with E-state index >= 15 is 0 Å². The Morgan fingerprint density at radius 2 is 1.83 bits per heavy atom. The van der Waals surface area contributed by atoms with Crippen LogP contribution in [0.2, 0.25) is 0 Å². The number of hydrogen-bond donors (Lipinski definition) is 2. The predicted molar refractivity (Wildman–Crippen MR) is 76.8 cm³/mol. The van der Waals surface area contributed by atoms with Gasteiger partial charge in [0.25, 0.3) is 0 Å². The molecule has 0 fully saturated rings. The summed E-state index contributed by atoms with van der Waals surface area (Å²) in [5.74, 6) is 0. The van der Waals surface area contributed by atoms with Crippen LogP contribution in [-0.4, -0.2) is 18.1 Å².